The van der Waals surface area contributed by atoms with Crippen molar-refractivity contribution in [3.8, 4) is 0 Å². The van der Waals surface area contributed by atoms with E-state index in [4.69, 9.17) is 5.73 Å². The van der Waals surface area contributed by atoms with Crippen molar-refractivity contribution in [2.45, 2.75) is 6.92 Å². The van der Waals surface area contributed by atoms with Crippen molar-refractivity contribution < 1.29 is 0 Å². The summed E-state index contributed by atoms with van der Waals surface area (Å²) < 4.78 is 0.998. The summed E-state index contributed by atoms with van der Waals surface area (Å²) >= 11 is 3.38. The molecule has 0 aliphatic rings. The molecule has 0 aliphatic heterocycles. The molecule has 66 valence electrons. The molecule has 3 nitrogen and oxygen atoms in total. The molecular formula is C9H8BrN3. The third-order valence-electron chi connectivity index (χ3n) is 1.80. The molecule has 1 heterocycles. The maximum atomic E-state index is 5.74. The van der Waals surface area contributed by atoms with E-state index in [1.165, 1.54) is 0 Å². The van der Waals surface area contributed by atoms with E-state index in [9.17, 15) is 0 Å². The highest BCUT2D eigenvalue weighted by molar-refractivity contribution is 9.10. The van der Waals surface area contributed by atoms with E-state index in [-0.39, 0.29) is 0 Å². The minimum atomic E-state index is 0.537. The van der Waals surface area contributed by atoms with Gasteiger partial charge in [0.2, 0.25) is 0 Å². The van der Waals surface area contributed by atoms with E-state index in [0.717, 1.165) is 15.4 Å². The zero-order valence-corrected chi connectivity index (χ0v) is 8.67. The first-order valence-corrected chi connectivity index (χ1v) is 4.65. The number of nitrogen functional groups attached to an aromatic ring is 1. The summed E-state index contributed by atoms with van der Waals surface area (Å²) in [5.41, 5.74) is 6.62. The van der Waals surface area contributed by atoms with Crippen molar-refractivity contribution in [2.75, 3.05) is 5.73 Å². The average molecular weight is 238 g/mol. The highest BCUT2D eigenvalue weighted by Gasteiger charge is 2.01. The quantitative estimate of drug-likeness (QED) is 0.765. The molecule has 2 rings (SSSR count). The molecule has 1 aromatic heterocycles. The van der Waals surface area contributed by atoms with Gasteiger partial charge in [0.05, 0.1) is 5.52 Å². The predicted molar refractivity (Wildman–Crippen MR) is 56.4 cm³/mol. The molecule has 1 aromatic carbocycles. The van der Waals surface area contributed by atoms with E-state index in [0.29, 0.717) is 11.6 Å². The first-order valence-electron chi connectivity index (χ1n) is 3.86. The van der Waals surface area contributed by atoms with Gasteiger partial charge in [-0.25, -0.2) is 9.97 Å². The van der Waals surface area contributed by atoms with Crippen LogP contribution in [0.1, 0.15) is 5.82 Å². The maximum Gasteiger partial charge on any atom is 0.135 e. The highest BCUT2D eigenvalue weighted by atomic mass is 79.9. The maximum absolute atomic E-state index is 5.74. The van der Waals surface area contributed by atoms with Gasteiger partial charge in [0.25, 0.3) is 0 Å². The van der Waals surface area contributed by atoms with Crippen molar-refractivity contribution in [3.63, 3.8) is 0 Å². The lowest BCUT2D eigenvalue weighted by atomic mass is 10.2. The molecule has 0 amide bonds. The molecule has 0 spiro atoms. The first-order chi connectivity index (χ1) is 6.16. The zero-order valence-electron chi connectivity index (χ0n) is 7.08. The van der Waals surface area contributed by atoms with Crippen molar-refractivity contribution in [2.24, 2.45) is 0 Å². The van der Waals surface area contributed by atoms with Crippen molar-refractivity contribution in [1.29, 1.82) is 0 Å². The molecule has 0 bridgehead atoms. The van der Waals surface area contributed by atoms with Gasteiger partial charge in [0, 0.05) is 9.86 Å². The standard InChI is InChI=1S/C9H8BrN3/c1-5-12-8-4-6(10)2-3-7(8)9(11)13-5/h2-4H,1H3,(H2,11,12,13). The van der Waals surface area contributed by atoms with Gasteiger partial charge in [-0.1, -0.05) is 15.9 Å². The molecule has 0 saturated heterocycles. The Bertz CT molecular complexity index is 462. The zero-order chi connectivity index (χ0) is 9.42. The van der Waals surface area contributed by atoms with E-state index in [2.05, 4.69) is 25.9 Å². The van der Waals surface area contributed by atoms with Gasteiger partial charge < -0.3 is 5.73 Å². The van der Waals surface area contributed by atoms with E-state index in [1.54, 1.807) is 0 Å². The van der Waals surface area contributed by atoms with Crippen LogP contribution in [0.25, 0.3) is 10.9 Å². The number of nitrogens with two attached hydrogens (primary N) is 1. The summed E-state index contributed by atoms with van der Waals surface area (Å²) in [7, 11) is 0. The highest BCUT2D eigenvalue weighted by Crippen LogP contribution is 2.21. The number of benzene rings is 1. The van der Waals surface area contributed by atoms with Crippen molar-refractivity contribution in [3.05, 3.63) is 28.5 Å². The predicted octanol–water partition coefficient (Wildman–Crippen LogP) is 2.28. The second kappa shape index (κ2) is 2.96. The van der Waals surface area contributed by atoms with Crippen LogP contribution >= 0.6 is 15.9 Å². The van der Waals surface area contributed by atoms with Crippen LogP contribution < -0.4 is 5.73 Å². The summed E-state index contributed by atoms with van der Waals surface area (Å²) in [6.45, 7) is 1.83. The Morgan fingerprint density at radius 1 is 1.31 bits per heavy atom. The van der Waals surface area contributed by atoms with Gasteiger partial charge in [-0.2, -0.15) is 0 Å². The molecule has 0 aliphatic carbocycles. The number of rotatable bonds is 0. The number of hydrogen-bond acceptors (Lipinski definition) is 3. The largest absolute Gasteiger partial charge is 0.383 e. The summed E-state index contributed by atoms with van der Waals surface area (Å²) in [4.78, 5) is 8.36. The van der Waals surface area contributed by atoms with E-state index >= 15 is 0 Å². The second-order valence-corrected chi connectivity index (χ2v) is 3.73. The normalized spacial score (nSPS) is 10.6. The lowest BCUT2D eigenvalue weighted by Crippen LogP contribution is -1.96. The van der Waals surface area contributed by atoms with Crippen molar-refractivity contribution in [1.82, 2.24) is 9.97 Å². The molecule has 0 radical (unpaired) electrons. The van der Waals surface area contributed by atoms with Crippen LogP contribution in [-0.4, -0.2) is 9.97 Å². The monoisotopic (exact) mass is 237 g/mol. The van der Waals surface area contributed by atoms with Gasteiger partial charge in [-0.05, 0) is 25.1 Å². The summed E-state index contributed by atoms with van der Waals surface area (Å²) in [6, 6.07) is 5.77. The molecule has 0 saturated carbocycles. The SMILES string of the molecule is Cc1nc(N)c2ccc(Br)cc2n1. The third kappa shape index (κ3) is 1.49. The van der Waals surface area contributed by atoms with Crippen molar-refractivity contribution >= 4 is 32.7 Å². The fraction of sp³-hybridized carbons (Fsp3) is 0.111. The molecule has 13 heavy (non-hydrogen) atoms. The molecule has 4 heteroatoms. The van der Waals surface area contributed by atoms with Crippen LogP contribution in [0.2, 0.25) is 0 Å². The van der Waals surface area contributed by atoms with Gasteiger partial charge >= 0.3 is 0 Å². The molecule has 0 unspecified atom stereocenters. The van der Waals surface area contributed by atoms with E-state index in [1.807, 2.05) is 25.1 Å². The topological polar surface area (TPSA) is 51.8 Å². The number of halogens is 1. The van der Waals surface area contributed by atoms with Crippen LogP contribution in [0.4, 0.5) is 5.82 Å². The minimum absolute atomic E-state index is 0.537. The Kier molecular flexibility index (Phi) is 1.92. The van der Waals surface area contributed by atoms with Crippen LogP contribution in [0.3, 0.4) is 0 Å². The third-order valence-corrected chi connectivity index (χ3v) is 2.29. The summed E-state index contributed by atoms with van der Waals surface area (Å²) in [5, 5.41) is 0.897. The first kappa shape index (κ1) is 8.44. The molecule has 2 aromatic rings. The molecular weight excluding hydrogens is 230 g/mol. The lowest BCUT2D eigenvalue weighted by Gasteiger charge is -2.02. The average Bonchev–Trinajstić information content (AvgIpc) is 2.02. The van der Waals surface area contributed by atoms with Crippen LogP contribution in [0, 0.1) is 6.92 Å². The second-order valence-electron chi connectivity index (χ2n) is 2.82. The Hall–Kier alpha value is -1.16. The Balaban J connectivity index is 2.86. The van der Waals surface area contributed by atoms with E-state index < -0.39 is 0 Å². The van der Waals surface area contributed by atoms with Gasteiger partial charge in [0.15, 0.2) is 0 Å². The lowest BCUT2D eigenvalue weighted by molar-refractivity contribution is 1.10. The minimum Gasteiger partial charge on any atom is -0.383 e. The Morgan fingerprint density at radius 2 is 2.08 bits per heavy atom. The molecule has 0 fully saturated rings. The van der Waals surface area contributed by atoms with Crippen LogP contribution in [0.5, 0.6) is 0 Å². The number of hydrogen-bond donors (Lipinski definition) is 1. The fourth-order valence-corrected chi connectivity index (χ4v) is 1.60. The Morgan fingerprint density at radius 3 is 2.85 bits per heavy atom. The Labute approximate surface area is 84.1 Å². The number of fused-ring (bicyclic) bond motifs is 1. The number of aryl methyl sites for hydroxylation is 1. The van der Waals surface area contributed by atoms with Gasteiger partial charge in [0.1, 0.15) is 11.6 Å². The summed E-state index contributed by atoms with van der Waals surface area (Å²) in [5.74, 6) is 1.23. The fourth-order valence-electron chi connectivity index (χ4n) is 1.25. The number of aromatic nitrogens is 2. The molecule has 2 N–H and O–H groups in total. The number of nitrogens with zero attached hydrogens (tertiary/aromatic N) is 2. The van der Waals surface area contributed by atoms with Gasteiger partial charge in [-0.3, -0.25) is 0 Å². The van der Waals surface area contributed by atoms with Crippen LogP contribution in [0.15, 0.2) is 22.7 Å². The number of anilines is 1. The smallest absolute Gasteiger partial charge is 0.135 e. The summed E-state index contributed by atoms with van der Waals surface area (Å²) in [6.07, 6.45) is 0. The van der Waals surface area contributed by atoms with Crippen LogP contribution in [-0.2, 0) is 0 Å². The van der Waals surface area contributed by atoms with Gasteiger partial charge in [-0.15, -0.1) is 0 Å². The molecule has 0 atom stereocenters.